The molecule has 6 nitrogen and oxygen atoms in total. The van der Waals surface area contributed by atoms with Crippen molar-refractivity contribution in [2.24, 2.45) is 5.92 Å². The van der Waals surface area contributed by atoms with Crippen molar-refractivity contribution in [1.82, 2.24) is 10.2 Å². The normalized spacial score (nSPS) is 30.7. The van der Waals surface area contributed by atoms with Gasteiger partial charge in [-0.1, -0.05) is 29.0 Å². The van der Waals surface area contributed by atoms with E-state index in [9.17, 15) is 9.59 Å². The third-order valence-electron chi connectivity index (χ3n) is 4.60. The van der Waals surface area contributed by atoms with Gasteiger partial charge < -0.3 is 19.7 Å². The molecule has 0 spiro atoms. The number of likely N-dealkylation sites (tertiary alicyclic amines) is 1. The van der Waals surface area contributed by atoms with E-state index in [1.54, 1.807) is 6.92 Å². The van der Waals surface area contributed by atoms with Crippen LogP contribution >= 0.6 is 22.6 Å². The summed E-state index contributed by atoms with van der Waals surface area (Å²) in [5, 5.41) is 2.61. The Balaban J connectivity index is 2.14. The van der Waals surface area contributed by atoms with Crippen LogP contribution in [0.3, 0.4) is 0 Å². The maximum Gasteiger partial charge on any atom is 0.407 e. The first-order chi connectivity index (χ1) is 9.99. The van der Waals surface area contributed by atoms with Gasteiger partial charge in [-0.3, -0.25) is 4.79 Å². The fourth-order valence-corrected chi connectivity index (χ4v) is 4.73. The molecule has 0 aromatic rings. The number of carbonyl (C=O) groups excluding carboxylic acids is 2. The third kappa shape index (κ3) is 3.44. The topological polar surface area (TPSA) is 67.9 Å². The number of hydrogen-bond acceptors (Lipinski definition) is 4. The molecule has 2 rings (SSSR count). The van der Waals surface area contributed by atoms with E-state index in [-0.39, 0.29) is 9.96 Å². The maximum absolute atomic E-state index is 12.9. The summed E-state index contributed by atoms with van der Waals surface area (Å²) in [5.74, 6) is 0.538. The first kappa shape index (κ1) is 16.8. The summed E-state index contributed by atoms with van der Waals surface area (Å²) in [7, 11) is 2.83. The fourth-order valence-electron chi connectivity index (χ4n) is 3.39. The largest absolute Gasteiger partial charge is 0.453 e. The highest BCUT2D eigenvalue weighted by Crippen LogP contribution is 2.43. The van der Waals surface area contributed by atoms with Crippen molar-refractivity contribution < 1.29 is 19.1 Å². The van der Waals surface area contributed by atoms with Gasteiger partial charge in [0.1, 0.15) is 6.04 Å². The molecular weight excluding hydrogens is 387 g/mol. The van der Waals surface area contributed by atoms with Crippen molar-refractivity contribution in [3.05, 3.63) is 0 Å². The summed E-state index contributed by atoms with van der Waals surface area (Å²) < 4.78 is 10.1. The van der Waals surface area contributed by atoms with Gasteiger partial charge in [0, 0.05) is 13.2 Å². The van der Waals surface area contributed by atoms with Gasteiger partial charge in [-0.05, 0) is 32.1 Å². The summed E-state index contributed by atoms with van der Waals surface area (Å²) >= 11 is 2.33. The van der Waals surface area contributed by atoms with E-state index in [1.165, 1.54) is 27.1 Å². The summed E-state index contributed by atoms with van der Waals surface area (Å²) in [6.07, 6.45) is 3.47. The first-order valence-corrected chi connectivity index (χ1v) is 8.57. The smallest absolute Gasteiger partial charge is 0.407 e. The highest BCUT2D eigenvalue weighted by molar-refractivity contribution is 14.1. The lowest BCUT2D eigenvalue weighted by atomic mass is 10.0. The van der Waals surface area contributed by atoms with Gasteiger partial charge in [0.15, 0.2) is 0 Å². The van der Waals surface area contributed by atoms with Crippen LogP contribution in [-0.4, -0.2) is 53.4 Å². The summed E-state index contributed by atoms with van der Waals surface area (Å²) in [5.41, 5.74) is 0. The van der Waals surface area contributed by atoms with Crippen LogP contribution in [0.5, 0.6) is 0 Å². The molecule has 0 radical (unpaired) electrons. The number of ether oxygens (including phenoxy) is 2. The van der Waals surface area contributed by atoms with E-state index in [4.69, 9.17) is 4.74 Å². The minimum absolute atomic E-state index is 0.0662. The van der Waals surface area contributed by atoms with Crippen molar-refractivity contribution in [2.75, 3.05) is 14.2 Å². The van der Waals surface area contributed by atoms with E-state index in [0.717, 1.165) is 12.8 Å². The Morgan fingerprint density at radius 2 is 2.05 bits per heavy atom. The lowest BCUT2D eigenvalue weighted by molar-refractivity contribution is -0.137. The van der Waals surface area contributed by atoms with Gasteiger partial charge >= 0.3 is 6.09 Å². The maximum atomic E-state index is 12.9. The zero-order valence-electron chi connectivity index (χ0n) is 12.7. The number of alkyl halides is 1. The molecule has 7 heteroatoms. The number of alkyl carbamates (subject to hydrolysis) is 1. The molecular formula is C14H23IN2O4. The molecule has 1 N–H and O–H groups in total. The highest BCUT2D eigenvalue weighted by atomic mass is 127. The minimum Gasteiger partial charge on any atom is -0.453 e. The molecule has 1 aliphatic heterocycles. The average Bonchev–Trinajstić information content (AvgIpc) is 3.02. The summed E-state index contributed by atoms with van der Waals surface area (Å²) in [6, 6.07) is -0.399. The monoisotopic (exact) mass is 410 g/mol. The molecule has 5 atom stereocenters. The molecule has 1 saturated heterocycles. The minimum atomic E-state index is -0.709. The van der Waals surface area contributed by atoms with Crippen LogP contribution in [0.15, 0.2) is 0 Å². The van der Waals surface area contributed by atoms with Crippen LogP contribution in [0.25, 0.3) is 0 Å². The lowest BCUT2D eigenvalue weighted by Crippen LogP contribution is -2.56. The quantitative estimate of drug-likeness (QED) is 0.437. The first-order valence-electron chi connectivity index (χ1n) is 7.33. The molecule has 2 fully saturated rings. The number of nitrogens with zero attached hydrogens (tertiary/aromatic N) is 1. The SMILES string of the molecule is COC(=O)N[C@H](C(=O)N1[C@H](I)C[C@@H]2CCC[C@@H]21)C(C)OC. The number of fused-ring (bicyclic) bond motifs is 1. The average molecular weight is 410 g/mol. The molecule has 21 heavy (non-hydrogen) atoms. The molecule has 1 unspecified atom stereocenters. The van der Waals surface area contributed by atoms with Crippen molar-refractivity contribution in [2.45, 2.75) is 54.8 Å². The van der Waals surface area contributed by atoms with Gasteiger partial charge in [-0.25, -0.2) is 4.79 Å². The fraction of sp³-hybridized carbons (Fsp3) is 0.857. The summed E-state index contributed by atoms with van der Waals surface area (Å²) in [6.45, 7) is 1.78. The Morgan fingerprint density at radius 3 is 2.67 bits per heavy atom. The Hall–Kier alpha value is -0.570. The molecule has 0 bridgehead atoms. The van der Waals surface area contributed by atoms with Crippen LogP contribution in [0.2, 0.25) is 0 Å². The number of rotatable bonds is 4. The van der Waals surface area contributed by atoms with Gasteiger partial charge in [0.2, 0.25) is 5.91 Å². The lowest BCUT2D eigenvalue weighted by Gasteiger charge is -2.33. The highest BCUT2D eigenvalue weighted by Gasteiger charge is 2.47. The Kier molecular flexibility index (Phi) is 5.70. The van der Waals surface area contributed by atoms with Gasteiger partial charge in [0.05, 0.1) is 17.3 Å². The number of amides is 2. The van der Waals surface area contributed by atoms with Gasteiger partial charge in [0.25, 0.3) is 0 Å². The van der Waals surface area contributed by atoms with Crippen LogP contribution < -0.4 is 5.32 Å². The molecule has 2 aliphatic rings. The standard InChI is InChI=1S/C14H23IN2O4/c1-8(20-2)12(16-14(19)21-3)13(18)17-10-6-4-5-9(10)7-11(17)15/h8-12H,4-7H2,1-3H3,(H,16,19)/t8?,9-,10-,11-,12-/m0/s1. The predicted octanol–water partition coefficient (Wildman–Crippen LogP) is 1.91. The Labute approximate surface area is 139 Å². The zero-order valence-corrected chi connectivity index (χ0v) is 14.8. The van der Waals surface area contributed by atoms with Crippen LogP contribution in [0, 0.1) is 5.92 Å². The van der Waals surface area contributed by atoms with E-state index < -0.39 is 18.2 Å². The third-order valence-corrected chi connectivity index (χ3v) is 5.70. The Morgan fingerprint density at radius 1 is 1.33 bits per heavy atom. The second-order valence-corrected chi connectivity index (χ2v) is 7.17. The van der Waals surface area contributed by atoms with Crippen LogP contribution in [0.1, 0.15) is 32.6 Å². The molecule has 1 heterocycles. The number of halogens is 1. The molecule has 1 saturated carbocycles. The van der Waals surface area contributed by atoms with Crippen molar-refractivity contribution in [3.63, 3.8) is 0 Å². The zero-order chi connectivity index (χ0) is 15.6. The van der Waals surface area contributed by atoms with E-state index >= 15 is 0 Å². The van der Waals surface area contributed by atoms with Crippen molar-refractivity contribution >= 4 is 34.6 Å². The molecule has 0 aromatic carbocycles. The molecule has 0 aromatic heterocycles. The van der Waals surface area contributed by atoms with Crippen LogP contribution in [-0.2, 0) is 14.3 Å². The van der Waals surface area contributed by atoms with Gasteiger partial charge in [-0.15, -0.1) is 0 Å². The molecule has 1 aliphatic carbocycles. The van der Waals surface area contributed by atoms with Crippen LogP contribution in [0.4, 0.5) is 4.79 Å². The molecule has 120 valence electrons. The number of nitrogens with one attached hydrogen (secondary N) is 1. The second kappa shape index (κ2) is 7.13. The van der Waals surface area contributed by atoms with Crippen molar-refractivity contribution in [3.8, 4) is 0 Å². The van der Waals surface area contributed by atoms with Gasteiger partial charge in [-0.2, -0.15) is 0 Å². The number of hydrogen-bond donors (Lipinski definition) is 1. The second-order valence-electron chi connectivity index (χ2n) is 5.73. The number of carbonyl (C=O) groups is 2. The van der Waals surface area contributed by atoms with E-state index in [2.05, 4.69) is 32.6 Å². The van der Waals surface area contributed by atoms with E-state index in [0.29, 0.717) is 12.0 Å². The Bertz CT molecular complexity index is 406. The van der Waals surface area contributed by atoms with E-state index in [1.807, 2.05) is 4.90 Å². The van der Waals surface area contributed by atoms with Crippen molar-refractivity contribution in [1.29, 1.82) is 0 Å². The number of methoxy groups -OCH3 is 2. The molecule has 2 amide bonds. The predicted molar refractivity (Wildman–Crippen MR) is 86.2 cm³/mol. The summed E-state index contributed by atoms with van der Waals surface area (Å²) in [4.78, 5) is 26.4.